The lowest BCUT2D eigenvalue weighted by molar-refractivity contribution is -0.114. The molecule has 1 aliphatic rings. The number of para-hydroxylation sites is 1. The summed E-state index contributed by atoms with van der Waals surface area (Å²) in [5, 5.41) is 0. The molecule has 0 bridgehead atoms. The summed E-state index contributed by atoms with van der Waals surface area (Å²) < 4.78 is 0. The van der Waals surface area contributed by atoms with Crippen LogP contribution < -0.4 is 16.2 Å². The van der Waals surface area contributed by atoms with E-state index in [0.29, 0.717) is 16.1 Å². The Morgan fingerprint density at radius 1 is 1.19 bits per heavy atom. The fourth-order valence-electron chi connectivity index (χ4n) is 2.22. The van der Waals surface area contributed by atoms with E-state index in [1.165, 1.54) is 16.2 Å². The summed E-state index contributed by atoms with van der Waals surface area (Å²) in [6, 6.07) is 10.3. The molecule has 0 spiro atoms. The summed E-state index contributed by atoms with van der Waals surface area (Å²) in [5.74, 6) is 3.65. The Hall–Kier alpha value is -2.51. The largest absolute Gasteiger partial charge is 0.300 e. The molecule has 106 valence electrons. The van der Waals surface area contributed by atoms with Crippen LogP contribution in [0.15, 0.2) is 36.4 Å². The van der Waals surface area contributed by atoms with Gasteiger partial charge in [0, 0.05) is 4.88 Å². The van der Waals surface area contributed by atoms with Crippen LogP contribution in [0, 0.1) is 0 Å². The molecule has 7 heteroatoms. The number of Topliss-reactive ketones (excluding diaryl/α,β-unsaturated/α-hetero) is 1. The molecule has 2 aromatic rings. The number of hydrazine groups is 1. The first-order valence-corrected chi connectivity index (χ1v) is 6.98. The number of carbonyl (C=O) groups excluding carboxylic acids is 3. The van der Waals surface area contributed by atoms with Crippen molar-refractivity contribution in [1.29, 1.82) is 0 Å². The molecule has 0 atom stereocenters. The maximum atomic E-state index is 12.0. The molecule has 0 saturated heterocycles. The van der Waals surface area contributed by atoms with Crippen molar-refractivity contribution in [2.75, 3.05) is 4.90 Å². The monoisotopic (exact) mass is 301 g/mol. The third-order valence-electron chi connectivity index (χ3n) is 3.21. The van der Waals surface area contributed by atoms with Crippen LogP contribution in [-0.4, -0.2) is 17.6 Å². The highest BCUT2D eigenvalue weighted by atomic mass is 32.1. The number of nitrogens with zero attached hydrogens (tertiary/aromatic N) is 1. The Kier molecular flexibility index (Phi) is 3.28. The lowest BCUT2D eigenvalue weighted by Gasteiger charge is -2.15. The van der Waals surface area contributed by atoms with E-state index in [1.54, 1.807) is 36.4 Å². The Bertz CT molecular complexity index is 753. The Labute approximate surface area is 124 Å². The first-order valence-electron chi connectivity index (χ1n) is 6.16. The number of carbonyl (C=O) groups is 3. The van der Waals surface area contributed by atoms with Crippen molar-refractivity contribution in [3.8, 4) is 0 Å². The Morgan fingerprint density at radius 3 is 2.71 bits per heavy atom. The standard InChI is InChI=1S/C14H11N3O3S/c15-16-13(19)11-6-5-8(21-11)7-17-10-4-2-1-3-9(10)12(18)14(17)20/h1-6H,7,15H2,(H,16,19). The third-order valence-corrected chi connectivity index (χ3v) is 4.28. The van der Waals surface area contributed by atoms with Crippen LogP contribution in [0.3, 0.4) is 0 Å². The van der Waals surface area contributed by atoms with E-state index in [-0.39, 0.29) is 12.5 Å². The summed E-state index contributed by atoms with van der Waals surface area (Å²) in [4.78, 5) is 38.0. The van der Waals surface area contributed by atoms with Crippen LogP contribution in [0.25, 0.3) is 0 Å². The summed E-state index contributed by atoms with van der Waals surface area (Å²) >= 11 is 1.23. The quantitative estimate of drug-likeness (QED) is 0.384. The highest BCUT2D eigenvalue weighted by Gasteiger charge is 2.35. The van der Waals surface area contributed by atoms with Gasteiger partial charge in [0.1, 0.15) is 0 Å². The normalized spacial score (nSPS) is 13.5. The van der Waals surface area contributed by atoms with E-state index in [4.69, 9.17) is 5.84 Å². The first kappa shape index (κ1) is 13.5. The second kappa shape index (κ2) is 5.12. The maximum absolute atomic E-state index is 12.0. The molecule has 0 saturated carbocycles. The minimum absolute atomic E-state index is 0.254. The summed E-state index contributed by atoms with van der Waals surface area (Å²) in [6.45, 7) is 0.254. The van der Waals surface area contributed by atoms with Crippen LogP contribution in [0.1, 0.15) is 24.9 Å². The summed E-state index contributed by atoms with van der Waals surface area (Å²) in [6.07, 6.45) is 0. The van der Waals surface area contributed by atoms with Crippen LogP contribution in [0.4, 0.5) is 5.69 Å². The minimum Gasteiger partial charge on any atom is -0.300 e. The number of anilines is 1. The fourth-order valence-corrected chi connectivity index (χ4v) is 3.12. The molecule has 6 nitrogen and oxygen atoms in total. The first-order chi connectivity index (χ1) is 10.1. The predicted molar refractivity (Wildman–Crippen MR) is 77.9 cm³/mol. The van der Waals surface area contributed by atoms with E-state index in [1.807, 2.05) is 0 Å². The molecule has 0 fully saturated rings. The van der Waals surface area contributed by atoms with Crippen molar-refractivity contribution < 1.29 is 14.4 Å². The molecule has 1 aromatic heterocycles. The van der Waals surface area contributed by atoms with Gasteiger partial charge in [0.05, 0.1) is 22.7 Å². The van der Waals surface area contributed by atoms with Gasteiger partial charge in [0.25, 0.3) is 17.6 Å². The minimum atomic E-state index is -0.547. The molecule has 2 heterocycles. The third kappa shape index (κ3) is 2.22. The van der Waals surface area contributed by atoms with Crippen molar-refractivity contribution in [1.82, 2.24) is 5.43 Å². The highest BCUT2D eigenvalue weighted by Crippen LogP contribution is 2.31. The molecule has 1 aliphatic heterocycles. The average Bonchev–Trinajstić information content (AvgIpc) is 3.07. The van der Waals surface area contributed by atoms with Crippen molar-refractivity contribution in [2.24, 2.45) is 5.84 Å². The summed E-state index contributed by atoms with van der Waals surface area (Å²) in [7, 11) is 0. The molecule has 0 aliphatic carbocycles. The average molecular weight is 301 g/mol. The lowest BCUT2D eigenvalue weighted by atomic mass is 10.1. The highest BCUT2D eigenvalue weighted by molar-refractivity contribution is 7.14. The maximum Gasteiger partial charge on any atom is 0.299 e. The molecular formula is C14H11N3O3S. The van der Waals surface area contributed by atoms with Crippen LogP contribution >= 0.6 is 11.3 Å². The van der Waals surface area contributed by atoms with Crippen molar-refractivity contribution >= 4 is 34.6 Å². The number of ketones is 1. The summed E-state index contributed by atoms with van der Waals surface area (Å²) in [5.41, 5.74) is 3.07. The van der Waals surface area contributed by atoms with Crippen molar-refractivity contribution in [2.45, 2.75) is 6.54 Å². The van der Waals surface area contributed by atoms with Crippen molar-refractivity contribution in [3.63, 3.8) is 0 Å². The number of amides is 2. The van der Waals surface area contributed by atoms with Gasteiger partial charge in [-0.3, -0.25) is 24.7 Å². The van der Waals surface area contributed by atoms with Gasteiger partial charge in [-0.1, -0.05) is 12.1 Å². The van der Waals surface area contributed by atoms with Gasteiger partial charge in [-0.05, 0) is 24.3 Å². The smallest absolute Gasteiger partial charge is 0.299 e. The number of nitrogens with two attached hydrogens (primary N) is 1. The Balaban J connectivity index is 1.88. The molecule has 21 heavy (non-hydrogen) atoms. The number of thiophene rings is 1. The number of nitrogen functional groups attached to an aromatic ring is 1. The zero-order valence-corrected chi connectivity index (χ0v) is 11.6. The Morgan fingerprint density at radius 2 is 1.95 bits per heavy atom. The van der Waals surface area contributed by atoms with Gasteiger partial charge in [-0.25, -0.2) is 5.84 Å². The second-order valence-corrected chi connectivity index (χ2v) is 5.65. The van der Waals surface area contributed by atoms with Gasteiger partial charge < -0.3 is 0 Å². The van der Waals surface area contributed by atoms with Gasteiger partial charge in [0.2, 0.25) is 0 Å². The van der Waals surface area contributed by atoms with Gasteiger partial charge in [-0.2, -0.15) is 0 Å². The molecule has 0 radical (unpaired) electrons. The number of fused-ring (bicyclic) bond motifs is 1. The van der Waals surface area contributed by atoms with E-state index in [0.717, 1.165) is 4.88 Å². The molecule has 1 aromatic carbocycles. The zero-order valence-electron chi connectivity index (χ0n) is 10.8. The van der Waals surface area contributed by atoms with Gasteiger partial charge in [-0.15, -0.1) is 11.3 Å². The number of benzene rings is 1. The van der Waals surface area contributed by atoms with Crippen LogP contribution in [-0.2, 0) is 11.3 Å². The number of hydrogen-bond acceptors (Lipinski definition) is 5. The van der Waals surface area contributed by atoms with E-state index < -0.39 is 11.7 Å². The lowest BCUT2D eigenvalue weighted by Crippen LogP contribution is -2.29. The van der Waals surface area contributed by atoms with Gasteiger partial charge >= 0.3 is 0 Å². The zero-order chi connectivity index (χ0) is 15.0. The van der Waals surface area contributed by atoms with Crippen LogP contribution in [0.2, 0.25) is 0 Å². The molecule has 0 unspecified atom stereocenters. The topological polar surface area (TPSA) is 92.5 Å². The van der Waals surface area contributed by atoms with Gasteiger partial charge in [0.15, 0.2) is 0 Å². The number of rotatable bonds is 3. The van der Waals surface area contributed by atoms with E-state index in [9.17, 15) is 14.4 Å². The SMILES string of the molecule is NNC(=O)c1ccc(CN2C(=O)C(=O)c3ccccc32)s1. The van der Waals surface area contributed by atoms with Crippen LogP contribution in [0.5, 0.6) is 0 Å². The molecule has 3 N–H and O–H groups in total. The molecular weight excluding hydrogens is 290 g/mol. The number of hydrogen-bond donors (Lipinski definition) is 2. The predicted octanol–water partition coefficient (Wildman–Crippen LogP) is 1.08. The second-order valence-electron chi connectivity index (χ2n) is 4.48. The van der Waals surface area contributed by atoms with Crippen molar-refractivity contribution in [3.05, 3.63) is 51.7 Å². The fraction of sp³-hybridized carbons (Fsp3) is 0.0714. The number of nitrogens with one attached hydrogen (secondary N) is 1. The molecule has 3 rings (SSSR count). The van der Waals surface area contributed by atoms with E-state index >= 15 is 0 Å². The molecule has 2 amide bonds. The van der Waals surface area contributed by atoms with E-state index in [2.05, 4.69) is 5.43 Å².